The molecule has 0 aromatic heterocycles. The Bertz CT molecular complexity index is 223. The molecule has 0 aliphatic rings. The number of hydrogen-bond donors (Lipinski definition) is 1. The zero-order chi connectivity index (χ0) is 12.9. The maximum absolute atomic E-state index is 11.5. The number of unbranched alkanes of at least 4 members (excludes halogenated alkanes) is 2. The minimum Gasteiger partial charge on any atom is -0.283 e. The lowest BCUT2D eigenvalue weighted by Gasteiger charge is -2.08. The van der Waals surface area contributed by atoms with Gasteiger partial charge < -0.3 is 0 Å². The molecule has 0 rings (SSSR count). The molecular formula is C15H28NO+. The SMILES string of the molecule is C=CC[C@H](C=C)CCCC(=O)[NH2+]CCCCC. The summed E-state index contributed by atoms with van der Waals surface area (Å²) in [6.07, 6.45) is 11.1. The summed E-state index contributed by atoms with van der Waals surface area (Å²) in [5.74, 6) is 0.794. The average Bonchev–Trinajstić information content (AvgIpc) is 2.33. The van der Waals surface area contributed by atoms with E-state index >= 15 is 0 Å². The van der Waals surface area contributed by atoms with Crippen molar-refractivity contribution in [2.45, 2.75) is 51.9 Å². The lowest BCUT2D eigenvalue weighted by molar-refractivity contribution is -0.569. The van der Waals surface area contributed by atoms with Gasteiger partial charge in [-0.1, -0.05) is 25.5 Å². The second kappa shape index (κ2) is 11.6. The van der Waals surface area contributed by atoms with Crippen LogP contribution < -0.4 is 5.32 Å². The van der Waals surface area contributed by atoms with Crippen LogP contribution in [-0.2, 0) is 4.79 Å². The van der Waals surface area contributed by atoms with E-state index in [9.17, 15) is 4.79 Å². The van der Waals surface area contributed by atoms with E-state index in [1.807, 2.05) is 17.5 Å². The molecule has 98 valence electrons. The van der Waals surface area contributed by atoms with E-state index in [0.29, 0.717) is 18.2 Å². The van der Waals surface area contributed by atoms with Crippen LogP contribution in [-0.4, -0.2) is 12.5 Å². The molecule has 0 spiro atoms. The number of hydrogen-bond acceptors (Lipinski definition) is 1. The second-order valence-corrected chi connectivity index (χ2v) is 4.58. The molecule has 2 N–H and O–H groups in total. The summed E-state index contributed by atoms with van der Waals surface area (Å²) >= 11 is 0. The van der Waals surface area contributed by atoms with E-state index < -0.39 is 0 Å². The summed E-state index contributed by atoms with van der Waals surface area (Å²) in [5, 5.41) is 1.87. The Morgan fingerprint density at radius 3 is 2.65 bits per heavy atom. The number of primary amides is 1. The van der Waals surface area contributed by atoms with E-state index in [1.54, 1.807) is 0 Å². The first kappa shape index (κ1) is 16.1. The molecule has 0 aromatic rings. The van der Waals surface area contributed by atoms with Crippen LogP contribution in [0.4, 0.5) is 0 Å². The van der Waals surface area contributed by atoms with Crippen LogP contribution in [0.5, 0.6) is 0 Å². The van der Waals surface area contributed by atoms with Crippen molar-refractivity contribution >= 4 is 5.91 Å². The quantitative estimate of drug-likeness (QED) is 0.436. The summed E-state index contributed by atoms with van der Waals surface area (Å²) in [7, 11) is 0. The van der Waals surface area contributed by atoms with Gasteiger partial charge in [0.1, 0.15) is 0 Å². The molecule has 0 radical (unpaired) electrons. The molecule has 0 aliphatic carbocycles. The maximum atomic E-state index is 11.5. The Labute approximate surface area is 106 Å². The molecule has 2 heteroatoms. The van der Waals surface area contributed by atoms with Crippen LogP contribution in [0.1, 0.15) is 51.9 Å². The highest BCUT2D eigenvalue weighted by molar-refractivity contribution is 5.65. The number of quaternary nitrogens is 1. The molecule has 1 atom stereocenters. The fourth-order valence-electron chi connectivity index (χ4n) is 1.84. The first-order chi connectivity index (χ1) is 8.24. The summed E-state index contributed by atoms with van der Waals surface area (Å²) in [5.41, 5.74) is 0. The molecule has 0 saturated heterocycles. The molecule has 0 saturated carbocycles. The van der Waals surface area contributed by atoms with Crippen LogP contribution in [0.15, 0.2) is 25.3 Å². The maximum Gasteiger partial charge on any atom is 0.310 e. The Hall–Kier alpha value is -0.890. The van der Waals surface area contributed by atoms with Gasteiger partial charge in [0.2, 0.25) is 0 Å². The molecule has 17 heavy (non-hydrogen) atoms. The number of carbonyl (C=O) groups is 1. The van der Waals surface area contributed by atoms with Crippen molar-refractivity contribution < 1.29 is 10.1 Å². The van der Waals surface area contributed by atoms with Gasteiger partial charge in [-0.3, -0.25) is 5.32 Å². The van der Waals surface area contributed by atoms with Crippen LogP contribution in [0.25, 0.3) is 0 Å². The Morgan fingerprint density at radius 1 is 1.29 bits per heavy atom. The molecular weight excluding hydrogens is 210 g/mol. The van der Waals surface area contributed by atoms with E-state index in [0.717, 1.165) is 32.2 Å². The van der Waals surface area contributed by atoms with Crippen molar-refractivity contribution in [1.29, 1.82) is 0 Å². The average molecular weight is 238 g/mol. The van der Waals surface area contributed by atoms with Crippen LogP contribution in [0.3, 0.4) is 0 Å². The normalized spacial score (nSPS) is 12.1. The van der Waals surface area contributed by atoms with Crippen molar-refractivity contribution in [1.82, 2.24) is 0 Å². The summed E-state index contributed by atoms with van der Waals surface area (Å²) in [6, 6.07) is 0. The molecule has 0 unspecified atom stereocenters. The third-order valence-corrected chi connectivity index (χ3v) is 2.98. The zero-order valence-electron chi connectivity index (χ0n) is 11.3. The number of carbonyl (C=O) groups excluding carboxylic acids is 1. The number of rotatable bonds is 11. The van der Waals surface area contributed by atoms with Gasteiger partial charge in [0.05, 0.1) is 13.0 Å². The zero-order valence-corrected chi connectivity index (χ0v) is 11.3. The minimum absolute atomic E-state index is 0.308. The highest BCUT2D eigenvalue weighted by atomic mass is 16.1. The number of amides is 1. The highest BCUT2D eigenvalue weighted by Crippen LogP contribution is 2.13. The van der Waals surface area contributed by atoms with Gasteiger partial charge in [-0.2, -0.15) is 0 Å². The topological polar surface area (TPSA) is 33.7 Å². The van der Waals surface area contributed by atoms with Gasteiger partial charge in [-0.25, -0.2) is 4.79 Å². The van der Waals surface area contributed by atoms with Crippen molar-refractivity contribution in [2.75, 3.05) is 6.54 Å². The first-order valence-electron chi connectivity index (χ1n) is 6.84. The lowest BCUT2D eigenvalue weighted by atomic mass is 9.98. The monoisotopic (exact) mass is 238 g/mol. The molecule has 0 heterocycles. The molecule has 0 bridgehead atoms. The van der Waals surface area contributed by atoms with Gasteiger partial charge in [-0.05, 0) is 38.0 Å². The van der Waals surface area contributed by atoms with Gasteiger partial charge in [0.15, 0.2) is 0 Å². The molecule has 0 aliphatic heterocycles. The van der Waals surface area contributed by atoms with Gasteiger partial charge in [-0.15, -0.1) is 13.2 Å². The summed E-state index contributed by atoms with van der Waals surface area (Å²) in [6.45, 7) is 10.7. The van der Waals surface area contributed by atoms with E-state index in [-0.39, 0.29) is 0 Å². The third-order valence-electron chi connectivity index (χ3n) is 2.98. The smallest absolute Gasteiger partial charge is 0.283 e. The number of nitrogens with two attached hydrogens (primary N) is 1. The molecule has 1 amide bonds. The standard InChI is InChI=1S/C15H27NO/c1-4-7-8-13-16-15(17)12-9-11-14(6-3)10-5-2/h5-6,14H,2-4,7-13H2,1H3,(H,16,17)/p+1/t14-/m0/s1. The third kappa shape index (κ3) is 10.0. The van der Waals surface area contributed by atoms with E-state index in [2.05, 4.69) is 20.1 Å². The molecule has 0 fully saturated rings. The summed E-state index contributed by atoms with van der Waals surface area (Å²) < 4.78 is 0. The highest BCUT2D eigenvalue weighted by Gasteiger charge is 2.07. The van der Waals surface area contributed by atoms with E-state index in [1.165, 1.54) is 12.8 Å². The number of allylic oxidation sites excluding steroid dienone is 2. The predicted octanol–water partition coefficient (Wildman–Crippen LogP) is 2.82. The Balaban J connectivity index is 3.49. The Kier molecular flexibility index (Phi) is 11.0. The van der Waals surface area contributed by atoms with Crippen molar-refractivity contribution in [2.24, 2.45) is 5.92 Å². The van der Waals surface area contributed by atoms with Crippen LogP contribution in [0, 0.1) is 5.92 Å². The lowest BCUT2D eigenvalue weighted by Crippen LogP contribution is -2.88. The predicted molar refractivity (Wildman–Crippen MR) is 73.7 cm³/mol. The summed E-state index contributed by atoms with van der Waals surface area (Å²) in [4.78, 5) is 11.5. The van der Waals surface area contributed by atoms with Crippen LogP contribution >= 0.6 is 0 Å². The molecule has 0 aromatic carbocycles. The Morgan fingerprint density at radius 2 is 2.06 bits per heavy atom. The van der Waals surface area contributed by atoms with Crippen molar-refractivity contribution in [3.8, 4) is 0 Å². The largest absolute Gasteiger partial charge is 0.310 e. The van der Waals surface area contributed by atoms with Gasteiger partial charge >= 0.3 is 5.91 Å². The molecule has 2 nitrogen and oxygen atoms in total. The van der Waals surface area contributed by atoms with Gasteiger partial charge in [0.25, 0.3) is 0 Å². The van der Waals surface area contributed by atoms with Crippen molar-refractivity contribution in [3.05, 3.63) is 25.3 Å². The minimum atomic E-state index is 0.308. The first-order valence-corrected chi connectivity index (χ1v) is 6.84. The van der Waals surface area contributed by atoms with Gasteiger partial charge in [0, 0.05) is 0 Å². The van der Waals surface area contributed by atoms with Crippen LogP contribution in [0.2, 0.25) is 0 Å². The van der Waals surface area contributed by atoms with Crippen molar-refractivity contribution in [3.63, 3.8) is 0 Å². The fourth-order valence-corrected chi connectivity index (χ4v) is 1.84. The second-order valence-electron chi connectivity index (χ2n) is 4.58. The van der Waals surface area contributed by atoms with E-state index in [4.69, 9.17) is 0 Å². The fraction of sp³-hybridized carbons (Fsp3) is 0.667.